The fourth-order valence-electron chi connectivity index (χ4n) is 11.2. The van der Waals surface area contributed by atoms with Crippen LogP contribution >= 0.6 is 0 Å². The maximum atomic E-state index is 2.52. The Morgan fingerprint density at radius 3 is 1.55 bits per heavy atom. The molecule has 0 atom stereocenters. The molecule has 11 aromatic rings. The largest absolute Gasteiger partial charge is 0.309 e. The molecular formula is C64H45N. The maximum absolute atomic E-state index is 2.52. The third-order valence-corrected chi connectivity index (χ3v) is 14.1. The van der Waals surface area contributed by atoms with Gasteiger partial charge in [0, 0.05) is 16.5 Å². The molecule has 0 N–H and O–H groups in total. The van der Waals surface area contributed by atoms with Crippen LogP contribution in [0.2, 0.25) is 0 Å². The van der Waals surface area contributed by atoms with Gasteiger partial charge in [-0.1, -0.05) is 194 Å². The van der Waals surface area contributed by atoms with E-state index in [1.54, 1.807) is 0 Å². The Labute approximate surface area is 379 Å². The Morgan fingerprint density at radius 2 is 0.923 bits per heavy atom. The second-order valence-electron chi connectivity index (χ2n) is 17.7. The lowest BCUT2D eigenvalue weighted by molar-refractivity contribution is 1.000. The molecule has 306 valence electrons. The third kappa shape index (κ3) is 6.07. The van der Waals surface area contributed by atoms with E-state index < -0.39 is 0 Å². The van der Waals surface area contributed by atoms with Gasteiger partial charge in [0.25, 0.3) is 0 Å². The summed E-state index contributed by atoms with van der Waals surface area (Å²) in [5, 5.41) is 15.3. The van der Waals surface area contributed by atoms with Crippen LogP contribution < -0.4 is 4.90 Å². The molecular weight excluding hydrogens is 783 g/mol. The molecule has 2 aliphatic carbocycles. The first-order valence-corrected chi connectivity index (χ1v) is 23.1. The summed E-state index contributed by atoms with van der Waals surface area (Å²) in [5.41, 5.74) is 14.1. The van der Waals surface area contributed by atoms with E-state index in [-0.39, 0.29) is 0 Å². The number of aryl methyl sites for hydroxylation is 1. The molecule has 0 saturated carbocycles. The van der Waals surface area contributed by atoms with Crippen molar-refractivity contribution < 1.29 is 0 Å². The predicted molar refractivity (Wildman–Crippen MR) is 281 cm³/mol. The summed E-state index contributed by atoms with van der Waals surface area (Å²) in [5.74, 6) is 0. The van der Waals surface area contributed by atoms with Crippen molar-refractivity contribution in [3.8, 4) is 22.3 Å². The van der Waals surface area contributed by atoms with Crippen LogP contribution in [0.1, 0.15) is 36.0 Å². The zero-order chi connectivity index (χ0) is 42.8. The van der Waals surface area contributed by atoms with Crippen LogP contribution in [0.3, 0.4) is 0 Å². The van der Waals surface area contributed by atoms with E-state index in [1.165, 1.54) is 109 Å². The molecule has 0 bridgehead atoms. The van der Waals surface area contributed by atoms with Gasteiger partial charge < -0.3 is 4.90 Å². The van der Waals surface area contributed by atoms with E-state index in [0.717, 1.165) is 42.7 Å². The zero-order valence-electron chi connectivity index (χ0n) is 36.1. The summed E-state index contributed by atoms with van der Waals surface area (Å²) in [6.07, 6.45) is 15.9. The molecule has 0 radical (unpaired) electrons. The van der Waals surface area contributed by atoms with Gasteiger partial charge in [0.15, 0.2) is 0 Å². The van der Waals surface area contributed by atoms with Gasteiger partial charge in [-0.25, -0.2) is 0 Å². The highest BCUT2D eigenvalue weighted by Gasteiger charge is 2.26. The van der Waals surface area contributed by atoms with Gasteiger partial charge in [0.05, 0.1) is 11.4 Å². The molecule has 0 unspecified atom stereocenters. The summed E-state index contributed by atoms with van der Waals surface area (Å²) < 4.78 is 0. The lowest BCUT2D eigenvalue weighted by Crippen LogP contribution is -2.11. The summed E-state index contributed by atoms with van der Waals surface area (Å²) in [4.78, 5) is 2.52. The minimum Gasteiger partial charge on any atom is -0.309 e. The van der Waals surface area contributed by atoms with E-state index in [1.807, 2.05) is 0 Å². The number of anilines is 3. The van der Waals surface area contributed by atoms with Crippen LogP contribution in [0.15, 0.2) is 218 Å². The highest BCUT2D eigenvalue weighted by atomic mass is 15.1. The van der Waals surface area contributed by atoms with Gasteiger partial charge in [-0.3, -0.25) is 0 Å². The summed E-state index contributed by atoms with van der Waals surface area (Å²) in [6, 6.07) is 72.5. The van der Waals surface area contributed by atoms with Crippen molar-refractivity contribution >= 4 is 93.3 Å². The van der Waals surface area contributed by atoms with Crippen molar-refractivity contribution in [3.63, 3.8) is 0 Å². The Balaban J connectivity index is 1.11. The first kappa shape index (κ1) is 37.5. The maximum Gasteiger partial charge on any atom is 0.0546 e. The SMILES string of the molecule is C1=CCCC(c2c(-c3ccccc3)cc(-c3ccc(N(c4cc5ccccc5c5ccccc45)c4cc5ccccc5c5ccccc45)cc3)c3c2c2c(c4ccccc43)CCC=C2)=C1. The van der Waals surface area contributed by atoms with Gasteiger partial charge in [-0.2, -0.15) is 0 Å². The molecule has 0 amide bonds. The monoisotopic (exact) mass is 827 g/mol. The second kappa shape index (κ2) is 15.4. The number of hydrogen-bond acceptors (Lipinski definition) is 1. The molecule has 1 nitrogen and oxygen atoms in total. The Hall–Kier alpha value is -8.00. The number of nitrogens with zero attached hydrogens (tertiary/aromatic N) is 1. The van der Waals surface area contributed by atoms with Crippen molar-refractivity contribution in [2.24, 2.45) is 0 Å². The molecule has 0 fully saturated rings. The van der Waals surface area contributed by atoms with E-state index in [4.69, 9.17) is 0 Å². The fraction of sp³-hybridized carbons (Fsp3) is 0.0625. The predicted octanol–water partition coefficient (Wildman–Crippen LogP) is 18.1. The van der Waals surface area contributed by atoms with Crippen molar-refractivity contribution in [3.05, 3.63) is 235 Å². The van der Waals surface area contributed by atoms with Crippen molar-refractivity contribution in [1.29, 1.82) is 0 Å². The van der Waals surface area contributed by atoms with E-state index in [2.05, 4.69) is 229 Å². The number of hydrogen-bond donors (Lipinski definition) is 0. The summed E-state index contributed by atoms with van der Waals surface area (Å²) >= 11 is 0. The highest BCUT2D eigenvalue weighted by Crippen LogP contribution is 2.51. The number of fused-ring (bicyclic) bond motifs is 12. The fourth-order valence-corrected chi connectivity index (χ4v) is 11.2. The average molecular weight is 828 g/mol. The zero-order valence-corrected chi connectivity index (χ0v) is 36.1. The molecule has 11 aromatic carbocycles. The van der Waals surface area contributed by atoms with Crippen LogP contribution in [-0.2, 0) is 6.42 Å². The molecule has 0 aliphatic heterocycles. The van der Waals surface area contributed by atoms with E-state index in [9.17, 15) is 0 Å². The van der Waals surface area contributed by atoms with Crippen molar-refractivity contribution in [2.45, 2.75) is 25.7 Å². The van der Waals surface area contributed by atoms with Gasteiger partial charge >= 0.3 is 0 Å². The lowest BCUT2D eigenvalue weighted by Gasteiger charge is -2.30. The number of allylic oxidation sites excluding steroid dienone is 5. The molecule has 0 heterocycles. The molecule has 13 rings (SSSR count). The first-order chi connectivity index (χ1) is 32.3. The molecule has 65 heavy (non-hydrogen) atoms. The summed E-state index contributed by atoms with van der Waals surface area (Å²) in [7, 11) is 0. The van der Waals surface area contributed by atoms with Crippen molar-refractivity contribution in [1.82, 2.24) is 0 Å². The molecule has 0 saturated heterocycles. The van der Waals surface area contributed by atoms with Crippen LogP contribution in [0, 0.1) is 0 Å². The second-order valence-corrected chi connectivity index (χ2v) is 17.7. The number of benzene rings is 11. The van der Waals surface area contributed by atoms with Gasteiger partial charge in [-0.15, -0.1) is 0 Å². The van der Waals surface area contributed by atoms with Crippen LogP contribution in [-0.4, -0.2) is 0 Å². The minimum absolute atomic E-state index is 1.02. The van der Waals surface area contributed by atoms with E-state index in [0.29, 0.717) is 0 Å². The molecule has 0 spiro atoms. The first-order valence-electron chi connectivity index (χ1n) is 23.1. The quantitative estimate of drug-likeness (QED) is 0.151. The Morgan fingerprint density at radius 1 is 0.385 bits per heavy atom. The minimum atomic E-state index is 1.02. The average Bonchev–Trinajstić information content (AvgIpc) is 3.39. The lowest BCUT2D eigenvalue weighted by atomic mass is 9.77. The molecule has 2 aliphatic rings. The molecule has 0 aromatic heterocycles. The Bertz CT molecular complexity index is 3690. The smallest absolute Gasteiger partial charge is 0.0546 e. The van der Waals surface area contributed by atoms with Gasteiger partial charge in [-0.05, 0) is 154 Å². The standard InChI is InChI=1S/C64H45N/c1-3-19-42(20-4-1)58-41-59(63-56-33-17-13-29-52(56)53-30-14-18-34-57(53)64(63)62(58)44-21-5-2-6-22-44)43-35-37-47(38-36-43)65(60-39-45-23-7-9-25-48(45)50-27-11-15-31-54(50)60)61-40-46-24-8-10-26-49(46)51-28-12-16-32-55(51)61/h1-5,7-13,15-21,23-29,31-41H,6,14,22,30H2. The molecule has 1 heteroatoms. The van der Waals surface area contributed by atoms with Crippen molar-refractivity contribution in [2.75, 3.05) is 4.90 Å². The normalized spacial score (nSPS) is 13.6. The summed E-state index contributed by atoms with van der Waals surface area (Å²) in [6.45, 7) is 0. The van der Waals surface area contributed by atoms with Crippen LogP contribution in [0.5, 0.6) is 0 Å². The van der Waals surface area contributed by atoms with Crippen LogP contribution in [0.25, 0.3) is 98.5 Å². The van der Waals surface area contributed by atoms with Gasteiger partial charge in [0.2, 0.25) is 0 Å². The Kier molecular flexibility index (Phi) is 8.88. The van der Waals surface area contributed by atoms with Gasteiger partial charge in [0.1, 0.15) is 0 Å². The highest BCUT2D eigenvalue weighted by molar-refractivity contribution is 6.23. The van der Waals surface area contributed by atoms with Crippen LogP contribution in [0.4, 0.5) is 17.1 Å². The van der Waals surface area contributed by atoms with E-state index >= 15 is 0 Å². The number of rotatable bonds is 6. The topological polar surface area (TPSA) is 3.24 Å². The third-order valence-electron chi connectivity index (χ3n) is 14.1.